The Labute approximate surface area is 129 Å². The molecule has 1 aromatic carbocycles. The summed E-state index contributed by atoms with van der Waals surface area (Å²) < 4.78 is 19.7. The van der Waals surface area contributed by atoms with Crippen LogP contribution in [0, 0.1) is 5.82 Å². The zero-order valence-electron chi connectivity index (χ0n) is 12.4. The summed E-state index contributed by atoms with van der Waals surface area (Å²) in [5, 5.41) is 0. The fourth-order valence-corrected chi connectivity index (χ4v) is 2.46. The number of hydrogen-bond donors (Lipinski definition) is 1. The highest BCUT2D eigenvalue weighted by Gasteiger charge is 2.20. The van der Waals surface area contributed by atoms with E-state index in [1.54, 1.807) is 18.2 Å². The SMILES string of the molecule is CCCOc1cc(N)nc2c1CN(c1ccccc1F)C=C2. The topological polar surface area (TPSA) is 51.4 Å². The monoisotopic (exact) mass is 299 g/mol. The van der Waals surface area contributed by atoms with Gasteiger partial charge in [-0.15, -0.1) is 0 Å². The van der Waals surface area contributed by atoms with Crippen molar-refractivity contribution in [1.82, 2.24) is 4.98 Å². The molecule has 2 aromatic rings. The van der Waals surface area contributed by atoms with Gasteiger partial charge in [-0.1, -0.05) is 19.1 Å². The number of halogens is 1. The number of nitrogens with zero attached hydrogens (tertiary/aromatic N) is 2. The Hall–Kier alpha value is -2.56. The molecule has 0 amide bonds. The smallest absolute Gasteiger partial charge is 0.146 e. The van der Waals surface area contributed by atoms with Crippen molar-refractivity contribution in [3.05, 3.63) is 53.6 Å². The van der Waals surface area contributed by atoms with Gasteiger partial charge in [0.05, 0.1) is 24.5 Å². The van der Waals surface area contributed by atoms with Gasteiger partial charge >= 0.3 is 0 Å². The van der Waals surface area contributed by atoms with E-state index in [-0.39, 0.29) is 5.82 Å². The van der Waals surface area contributed by atoms with Crippen LogP contribution >= 0.6 is 0 Å². The fourth-order valence-electron chi connectivity index (χ4n) is 2.46. The summed E-state index contributed by atoms with van der Waals surface area (Å²) in [6, 6.07) is 8.43. The van der Waals surface area contributed by atoms with Crippen LogP contribution in [0.2, 0.25) is 0 Å². The molecule has 22 heavy (non-hydrogen) atoms. The number of anilines is 2. The number of hydrogen-bond acceptors (Lipinski definition) is 4. The molecule has 0 fully saturated rings. The Bertz CT molecular complexity index is 715. The normalized spacial score (nSPS) is 13.1. The molecule has 0 radical (unpaired) electrons. The van der Waals surface area contributed by atoms with Crippen molar-refractivity contribution >= 4 is 17.6 Å². The molecule has 0 unspecified atom stereocenters. The van der Waals surface area contributed by atoms with E-state index >= 15 is 0 Å². The molecule has 5 heteroatoms. The molecule has 1 aromatic heterocycles. The first-order chi connectivity index (χ1) is 10.7. The predicted molar refractivity (Wildman–Crippen MR) is 86.1 cm³/mol. The molecule has 1 aliphatic rings. The number of ether oxygens (including phenoxy) is 1. The van der Waals surface area contributed by atoms with Crippen LogP contribution < -0.4 is 15.4 Å². The number of aromatic nitrogens is 1. The molecular formula is C17H18FN3O. The largest absolute Gasteiger partial charge is 0.493 e. The second-order valence-corrected chi connectivity index (χ2v) is 5.15. The van der Waals surface area contributed by atoms with Gasteiger partial charge in [0, 0.05) is 17.8 Å². The van der Waals surface area contributed by atoms with Crippen LogP contribution in [0.5, 0.6) is 5.75 Å². The molecule has 2 heterocycles. The van der Waals surface area contributed by atoms with Crippen LogP contribution in [0.1, 0.15) is 24.6 Å². The van der Waals surface area contributed by atoms with Gasteiger partial charge < -0.3 is 15.4 Å². The van der Waals surface area contributed by atoms with Crippen LogP contribution in [-0.2, 0) is 6.54 Å². The van der Waals surface area contributed by atoms with Gasteiger partial charge in [0.1, 0.15) is 17.4 Å². The van der Waals surface area contributed by atoms with Crippen LogP contribution in [0.4, 0.5) is 15.9 Å². The van der Waals surface area contributed by atoms with E-state index in [4.69, 9.17) is 10.5 Å². The molecule has 4 nitrogen and oxygen atoms in total. The van der Waals surface area contributed by atoms with Crippen molar-refractivity contribution in [2.24, 2.45) is 0 Å². The van der Waals surface area contributed by atoms with E-state index < -0.39 is 0 Å². The molecule has 0 saturated heterocycles. The summed E-state index contributed by atoms with van der Waals surface area (Å²) in [7, 11) is 0. The second-order valence-electron chi connectivity index (χ2n) is 5.15. The van der Waals surface area contributed by atoms with Gasteiger partial charge in [-0.05, 0) is 24.6 Å². The zero-order chi connectivity index (χ0) is 15.5. The second kappa shape index (κ2) is 6.05. The third-order valence-electron chi connectivity index (χ3n) is 3.50. The van der Waals surface area contributed by atoms with Gasteiger partial charge in [0.15, 0.2) is 0 Å². The molecule has 114 valence electrons. The summed E-state index contributed by atoms with van der Waals surface area (Å²) in [5.41, 5.74) is 8.06. The molecule has 1 aliphatic heterocycles. The van der Waals surface area contributed by atoms with Gasteiger partial charge in [-0.3, -0.25) is 0 Å². The molecule has 0 atom stereocenters. The summed E-state index contributed by atoms with van der Waals surface area (Å²) in [6.45, 7) is 3.15. The van der Waals surface area contributed by atoms with Crippen LogP contribution in [-0.4, -0.2) is 11.6 Å². The minimum Gasteiger partial charge on any atom is -0.493 e. The van der Waals surface area contributed by atoms with E-state index in [1.807, 2.05) is 30.2 Å². The number of rotatable bonds is 4. The van der Waals surface area contributed by atoms with Gasteiger partial charge in [-0.25, -0.2) is 9.37 Å². The molecule has 2 N–H and O–H groups in total. The minimum atomic E-state index is -0.255. The maximum absolute atomic E-state index is 14.0. The van der Waals surface area contributed by atoms with Gasteiger partial charge in [0.25, 0.3) is 0 Å². The number of nitrogen functional groups attached to an aromatic ring is 1. The fraction of sp³-hybridized carbons (Fsp3) is 0.235. The molecule has 0 spiro atoms. The van der Waals surface area contributed by atoms with E-state index in [2.05, 4.69) is 4.98 Å². The van der Waals surface area contributed by atoms with Gasteiger partial charge in [0.2, 0.25) is 0 Å². The first kappa shape index (κ1) is 14.4. The first-order valence-corrected chi connectivity index (χ1v) is 7.30. The molecule has 0 aliphatic carbocycles. The lowest BCUT2D eigenvalue weighted by Crippen LogP contribution is -2.22. The average molecular weight is 299 g/mol. The summed E-state index contributed by atoms with van der Waals surface area (Å²) in [5.74, 6) is 0.888. The predicted octanol–water partition coefficient (Wildman–Crippen LogP) is 3.58. The van der Waals surface area contributed by atoms with Crippen molar-refractivity contribution in [2.45, 2.75) is 19.9 Å². The standard InChI is InChI=1S/C17H18FN3O/c1-2-9-22-16-10-17(19)20-14-7-8-21(11-12(14)16)15-6-4-3-5-13(15)18/h3-8,10H,2,9,11H2,1H3,(H2,19,20). The Morgan fingerprint density at radius 3 is 2.95 bits per heavy atom. The highest BCUT2D eigenvalue weighted by Crippen LogP contribution is 2.32. The number of fused-ring (bicyclic) bond motifs is 1. The Balaban J connectivity index is 1.96. The number of pyridine rings is 1. The van der Waals surface area contributed by atoms with Gasteiger partial charge in [-0.2, -0.15) is 0 Å². The number of para-hydroxylation sites is 1. The third-order valence-corrected chi connectivity index (χ3v) is 3.50. The van der Waals surface area contributed by atoms with Crippen LogP contribution in [0.25, 0.3) is 6.08 Å². The number of benzene rings is 1. The molecular weight excluding hydrogens is 281 g/mol. The van der Waals surface area contributed by atoms with Crippen LogP contribution in [0.3, 0.4) is 0 Å². The lowest BCUT2D eigenvalue weighted by molar-refractivity contribution is 0.313. The highest BCUT2D eigenvalue weighted by atomic mass is 19.1. The minimum absolute atomic E-state index is 0.255. The zero-order valence-corrected chi connectivity index (χ0v) is 12.4. The maximum atomic E-state index is 14.0. The van der Waals surface area contributed by atoms with Crippen molar-refractivity contribution in [1.29, 1.82) is 0 Å². The average Bonchev–Trinajstić information content (AvgIpc) is 2.52. The Morgan fingerprint density at radius 2 is 2.18 bits per heavy atom. The van der Waals surface area contributed by atoms with E-state index in [0.717, 1.165) is 23.4 Å². The molecule has 0 saturated carbocycles. The number of nitrogens with two attached hydrogens (primary N) is 1. The van der Waals surface area contributed by atoms with E-state index in [0.29, 0.717) is 24.7 Å². The Kier molecular flexibility index (Phi) is 3.96. The lowest BCUT2D eigenvalue weighted by Gasteiger charge is -2.27. The van der Waals surface area contributed by atoms with E-state index in [1.165, 1.54) is 6.07 Å². The summed E-state index contributed by atoms with van der Waals surface area (Å²) >= 11 is 0. The Morgan fingerprint density at radius 1 is 1.36 bits per heavy atom. The van der Waals surface area contributed by atoms with Crippen molar-refractivity contribution in [2.75, 3.05) is 17.2 Å². The molecule has 0 bridgehead atoms. The van der Waals surface area contributed by atoms with Crippen LogP contribution in [0.15, 0.2) is 36.5 Å². The van der Waals surface area contributed by atoms with Crippen molar-refractivity contribution in [3.63, 3.8) is 0 Å². The summed E-state index contributed by atoms with van der Waals surface area (Å²) in [6.07, 6.45) is 4.56. The third kappa shape index (κ3) is 2.74. The van der Waals surface area contributed by atoms with Crippen molar-refractivity contribution < 1.29 is 9.13 Å². The van der Waals surface area contributed by atoms with E-state index in [9.17, 15) is 4.39 Å². The molecule has 3 rings (SSSR count). The quantitative estimate of drug-likeness (QED) is 0.937. The lowest BCUT2D eigenvalue weighted by atomic mass is 10.1. The maximum Gasteiger partial charge on any atom is 0.146 e. The first-order valence-electron chi connectivity index (χ1n) is 7.30. The summed E-state index contributed by atoms with van der Waals surface area (Å²) in [4.78, 5) is 6.17. The van der Waals surface area contributed by atoms with Crippen molar-refractivity contribution in [3.8, 4) is 5.75 Å². The highest BCUT2D eigenvalue weighted by molar-refractivity contribution is 5.66.